The van der Waals surface area contributed by atoms with Gasteiger partial charge < -0.3 is 10.3 Å². The number of alkyl halides is 1. The van der Waals surface area contributed by atoms with Gasteiger partial charge in [0.1, 0.15) is 17.2 Å². The van der Waals surface area contributed by atoms with Crippen molar-refractivity contribution < 1.29 is 12.8 Å². The van der Waals surface area contributed by atoms with Gasteiger partial charge >= 0.3 is 0 Å². The van der Waals surface area contributed by atoms with Crippen LogP contribution in [0.1, 0.15) is 37.1 Å². The second-order valence-corrected chi connectivity index (χ2v) is 11.4. The molecule has 2 aromatic heterocycles. The third kappa shape index (κ3) is 5.75. The molecule has 0 saturated heterocycles. The van der Waals surface area contributed by atoms with Crippen molar-refractivity contribution in [2.45, 2.75) is 50.5 Å². The summed E-state index contributed by atoms with van der Waals surface area (Å²) >= 11 is 2.38. The van der Waals surface area contributed by atoms with Gasteiger partial charge in [0.2, 0.25) is 10.0 Å². The van der Waals surface area contributed by atoms with Crippen molar-refractivity contribution in [2.24, 2.45) is 0 Å². The quantitative estimate of drug-likeness (QED) is 0.140. The minimum Gasteiger partial charge on any atom is -0.382 e. The minimum absolute atomic E-state index is 0.0231. The Balaban J connectivity index is 1.52. The fraction of sp³-hybridized carbons (Fsp3) is 0.360. The van der Waals surface area contributed by atoms with E-state index in [1.807, 2.05) is 24.3 Å². The molecule has 2 aromatic carbocycles. The highest BCUT2D eigenvalue weighted by molar-refractivity contribution is 14.1. The van der Waals surface area contributed by atoms with Crippen molar-refractivity contribution in [3.63, 3.8) is 0 Å². The lowest BCUT2D eigenvalue weighted by Crippen LogP contribution is -2.25. The summed E-state index contributed by atoms with van der Waals surface area (Å²) in [4.78, 5) is 9.36. The highest BCUT2D eigenvalue weighted by Gasteiger charge is 2.19. The molecule has 4 aromatic rings. The van der Waals surface area contributed by atoms with E-state index in [-0.39, 0.29) is 11.4 Å². The minimum atomic E-state index is -3.77. The summed E-state index contributed by atoms with van der Waals surface area (Å²) < 4.78 is 44.8. The molecule has 186 valence electrons. The molecule has 0 unspecified atom stereocenters. The standard InChI is InChI=1S/C25H29FIN5O2S/c1-17-11-12-18(26)16-21(17)35(33,34)29-14-6-7-15-32-22(10-4-5-13-27)31-23-24(32)19-8-2-3-9-20(19)30-25(23)28/h2-3,8-9,11-12,16,29H,4-7,10,13-15H2,1H3,(H2,28,30). The normalized spacial score (nSPS) is 12.1. The molecule has 0 fully saturated rings. The van der Waals surface area contributed by atoms with Gasteiger partial charge in [-0.05, 0) is 60.8 Å². The van der Waals surface area contributed by atoms with Gasteiger partial charge in [-0.2, -0.15) is 0 Å². The van der Waals surface area contributed by atoms with Crippen LogP contribution < -0.4 is 10.5 Å². The van der Waals surface area contributed by atoms with E-state index in [0.29, 0.717) is 24.3 Å². The topological polar surface area (TPSA) is 103 Å². The van der Waals surface area contributed by atoms with Crippen LogP contribution in [0, 0.1) is 12.7 Å². The smallest absolute Gasteiger partial charge is 0.240 e. The number of halogens is 2. The fourth-order valence-electron chi connectivity index (χ4n) is 4.26. The van der Waals surface area contributed by atoms with Gasteiger partial charge in [0.15, 0.2) is 5.82 Å². The Morgan fingerprint density at radius 1 is 1.09 bits per heavy atom. The molecule has 35 heavy (non-hydrogen) atoms. The zero-order chi connectivity index (χ0) is 25.0. The van der Waals surface area contributed by atoms with Crippen molar-refractivity contribution in [3.05, 3.63) is 59.7 Å². The Hall–Kier alpha value is -2.31. The number of aryl methyl sites for hydroxylation is 3. The van der Waals surface area contributed by atoms with E-state index >= 15 is 0 Å². The summed E-state index contributed by atoms with van der Waals surface area (Å²) in [5, 5.41) is 1.01. The average Bonchev–Trinajstić information content (AvgIpc) is 3.20. The van der Waals surface area contributed by atoms with Crippen molar-refractivity contribution in [1.29, 1.82) is 0 Å². The third-order valence-corrected chi connectivity index (χ3v) is 8.38. The number of imidazole rings is 1. The Morgan fingerprint density at radius 2 is 1.89 bits per heavy atom. The maximum atomic E-state index is 13.6. The lowest BCUT2D eigenvalue weighted by molar-refractivity contribution is 0.559. The first-order valence-electron chi connectivity index (χ1n) is 11.7. The number of nitrogens with two attached hydrogens (primary N) is 1. The van der Waals surface area contributed by atoms with Crippen LogP contribution in [0.4, 0.5) is 10.2 Å². The fourth-order valence-corrected chi connectivity index (χ4v) is 6.12. The summed E-state index contributed by atoms with van der Waals surface area (Å²) in [6, 6.07) is 11.7. The summed E-state index contributed by atoms with van der Waals surface area (Å²) in [5.74, 6) is 0.829. The lowest BCUT2D eigenvalue weighted by atomic mass is 10.2. The molecule has 0 radical (unpaired) electrons. The highest BCUT2D eigenvalue weighted by Crippen LogP contribution is 2.29. The number of nitrogens with one attached hydrogen (secondary N) is 1. The van der Waals surface area contributed by atoms with Crippen LogP contribution in [-0.4, -0.2) is 33.9 Å². The first-order chi connectivity index (χ1) is 16.8. The molecule has 0 atom stereocenters. The number of hydrogen-bond acceptors (Lipinski definition) is 5. The number of hydrogen-bond donors (Lipinski definition) is 2. The molecule has 2 heterocycles. The van der Waals surface area contributed by atoms with Crippen LogP contribution in [0.2, 0.25) is 0 Å². The monoisotopic (exact) mass is 609 g/mol. The van der Waals surface area contributed by atoms with Crippen molar-refractivity contribution >= 4 is 60.4 Å². The zero-order valence-corrected chi connectivity index (χ0v) is 22.6. The number of sulfonamides is 1. The first-order valence-corrected chi connectivity index (χ1v) is 14.7. The Kier molecular flexibility index (Phi) is 8.23. The summed E-state index contributed by atoms with van der Waals surface area (Å²) in [5.41, 5.74) is 9.31. The zero-order valence-electron chi connectivity index (χ0n) is 19.6. The van der Waals surface area contributed by atoms with E-state index in [2.05, 4.69) is 36.9 Å². The van der Waals surface area contributed by atoms with Crippen molar-refractivity contribution in [3.8, 4) is 0 Å². The Morgan fingerprint density at radius 3 is 2.69 bits per heavy atom. The Bertz CT molecular complexity index is 1460. The van der Waals surface area contributed by atoms with Crippen LogP contribution in [0.15, 0.2) is 47.4 Å². The molecule has 7 nitrogen and oxygen atoms in total. The van der Waals surface area contributed by atoms with Gasteiger partial charge in [-0.25, -0.2) is 27.5 Å². The number of nitrogens with zero attached hydrogens (tertiary/aromatic N) is 3. The first kappa shape index (κ1) is 25.8. The average molecular weight is 610 g/mol. The molecule has 0 aliphatic rings. The molecule has 0 bridgehead atoms. The van der Waals surface area contributed by atoms with Crippen LogP contribution in [-0.2, 0) is 23.0 Å². The summed E-state index contributed by atoms with van der Waals surface area (Å²) in [7, 11) is -3.77. The van der Waals surface area contributed by atoms with Gasteiger partial charge in [0.25, 0.3) is 0 Å². The number of aromatic nitrogens is 3. The van der Waals surface area contributed by atoms with Crippen LogP contribution >= 0.6 is 22.6 Å². The predicted octanol–water partition coefficient (Wildman–Crippen LogP) is 5.13. The second kappa shape index (κ2) is 11.2. The van der Waals surface area contributed by atoms with E-state index in [1.54, 1.807) is 6.92 Å². The number of nitrogen functional groups attached to an aromatic ring is 1. The van der Waals surface area contributed by atoms with Gasteiger partial charge in [0, 0.05) is 24.9 Å². The largest absolute Gasteiger partial charge is 0.382 e. The predicted molar refractivity (Wildman–Crippen MR) is 147 cm³/mol. The van der Waals surface area contributed by atoms with Crippen molar-refractivity contribution in [1.82, 2.24) is 19.3 Å². The molecule has 0 saturated carbocycles. The number of anilines is 1. The van der Waals surface area contributed by atoms with Gasteiger partial charge in [-0.3, -0.25) is 0 Å². The number of unbranched alkanes of at least 4 members (excludes halogenated alkanes) is 2. The second-order valence-electron chi connectivity index (χ2n) is 8.55. The SMILES string of the molecule is Cc1ccc(F)cc1S(=O)(=O)NCCCCn1c(CCCCI)nc2c(N)nc3ccccc3c21. The van der Waals surface area contributed by atoms with Crippen LogP contribution in [0.25, 0.3) is 21.9 Å². The molecule has 0 aliphatic carbocycles. The maximum absolute atomic E-state index is 13.6. The van der Waals surface area contributed by atoms with E-state index < -0.39 is 15.8 Å². The van der Waals surface area contributed by atoms with Crippen molar-refractivity contribution in [2.75, 3.05) is 16.7 Å². The van der Waals surface area contributed by atoms with E-state index in [9.17, 15) is 12.8 Å². The number of pyridine rings is 1. The molecule has 3 N–H and O–H groups in total. The highest BCUT2D eigenvalue weighted by atomic mass is 127. The molecule has 0 amide bonds. The molecular weight excluding hydrogens is 580 g/mol. The van der Waals surface area contributed by atoms with Gasteiger partial charge in [-0.15, -0.1) is 0 Å². The van der Waals surface area contributed by atoms with Crippen LogP contribution in [0.5, 0.6) is 0 Å². The Labute approximate surface area is 218 Å². The lowest BCUT2D eigenvalue weighted by Gasteiger charge is -2.12. The molecule has 0 spiro atoms. The molecule has 4 rings (SSSR count). The van der Waals surface area contributed by atoms with Crippen LogP contribution in [0.3, 0.4) is 0 Å². The maximum Gasteiger partial charge on any atom is 0.240 e. The number of para-hydroxylation sites is 1. The van der Waals surface area contributed by atoms with Gasteiger partial charge in [0.05, 0.1) is 15.9 Å². The van der Waals surface area contributed by atoms with E-state index in [1.165, 1.54) is 12.1 Å². The third-order valence-electron chi connectivity index (χ3n) is 6.01. The molecule has 10 heteroatoms. The van der Waals surface area contributed by atoms with Gasteiger partial charge in [-0.1, -0.05) is 46.9 Å². The summed E-state index contributed by atoms with van der Waals surface area (Å²) in [6.45, 7) is 2.60. The molecule has 0 aliphatic heterocycles. The summed E-state index contributed by atoms with van der Waals surface area (Å²) in [6.07, 6.45) is 4.35. The van der Waals surface area contributed by atoms with E-state index in [4.69, 9.17) is 10.7 Å². The van der Waals surface area contributed by atoms with E-state index in [0.717, 1.165) is 63.9 Å². The number of rotatable bonds is 11. The number of benzene rings is 2. The number of fused-ring (bicyclic) bond motifs is 3. The molecular formula is C25H29FIN5O2S.